The predicted molar refractivity (Wildman–Crippen MR) is 125 cm³/mol. The second-order valence-electron chi connectivity index (χ2n) is 8.25. The predicted octanol–water partition coefficient (Wildman–Crippen LogP) is 4.94. The Hall–Kier alpha value is -3.28. The van der Waals surface area contributed by atoms with E-state index in [1.807, 2.05) is 59.4 Å². The van der Waals surface area contributed by atoms with Gasteiger partial charge in [0.25, 0.3) is 0 Å². The highest BCUT2D eigenvalue weighted by atomic mass is 16.5. The molecule has 1 heterocycles. The number of nitrogens with zero attached hydrogens (tertiary/aromatic N) is 2. The maximum Gasteiger partial charge on any atom is 0.220 e. The number of amides is 1. The summed E-state index contributed by atoms with van der Waals surface area (Å²) >= 11 is 0. The monoisotopic (exact) mass is 433 g/mol. The van der Waals surface area contributed by atoms with Crippen LogP contribution in [0.1, 0.15) is 44.1 Å². The lowest BCUT2D eigenvalue weighted by Crippen LogP contribution is -2.36. The average molecular weight is 434 g/mol. The molecule has 0 bridgehead atoms. The van der Waals surface area contributed by atoms with Crippen molar-refractivity contribution in [2.75, 3.05) is 14.2 Å². The number of carbonyl (C=O) groups excluding carboxylic acids is 1. The molecule has 32 heavy (non-hydrogen) atoms. The Balaban J connectivity index is 1.62. The highest BCUT2D eigenvalue weighted by Crippen LogP contribution is 2.35. The molecule has 1 aliphatic rings. The van der Waals surface area contributed by atoms with Crippen molar-refractivity contribution in [2.45, 2.75) is 51.0 Å². The van der Waals surface area contributed by atoms with Crippen molar-refractivity contribution in [3.05, 3.63) is 60.3 Å². The van der Waals surface area contributed by atoms with E-state index in [2.05, 4.69) is 5.32 Å². The first-order valence-corrected chi connectivity index (χ1v) is 11.3. The van der Waals surface area contributed by atoms with Crippen molar-refractivity contribution in [3.63, 3.8) is 0 Å². The number of aryl methyl sites for hydroxylation is 1. The van der Waals surface area contributed by atoms with E-state index < -0.39 is 0 Å². The first kappa shape index (κ1) is 21.9. The summed E-state index contributed by atoms with van der Waals surface area (Å²) in [6.45, 7) is 0. The number of methoxy groups -OCH3 is 2. The van der Waals surface area contributed by atoms with Crippen LogP contribution in [0.4, 0.5) is 0 Å². The van der Waals surface area contributed by atoms with Gasteiger partial charge < -0.3 is 14.8 Å². The van der Waals surface area contributed by atoms with Gasteiger partial charge in [-0.2, -0.15) is 5.10 Å². The van der Waals surface area contributed by atoms with E-state index in [4.69, 9.17) is 14.6 Å². The van der Waals surface area contributed by atoms with Gasteiger partial charge in [-0.15, -0.1) is 0 Å². The third-order valence-electron chi connectivity index (χ3n) is 6.06. The Kier molecular flexibility index (Phi) is 7.10. The summed E-state index contributed by atoms with van der Waals surface area (Å²) in [5.41, 5.74) is 3.62. The molecule has 168 valence electrons. The standard InChI is InChI=1S/C26H31N3O3/c1-31-22-14-15-24(32-2)23(17-22)26-19(18-29(28-26)21-11-7-4-8-12-21)13-16-25(30)27-20-9-5-3-6-10-20/h4,7-8,11-12,14-15,17-18,20H,3,5-6,9-10,13,16H2,1-2H3,(H,27,30). The van der Waals surface area contributed by atoms with Gasteiger partial charge >= 0.3 is 0 Å². The van der Waals surface area contributed by atoms with E-state index in [-0.39, 0.29) is 5.91 Å². The van der Waals surface area contributed by atoms with Crippen LogP contribution in [0.15, 0.2) is 54.7 Å². The highest BCUT2D eigenvalue weighted by molar-refractivity contribution is 5.77. The Bertz CT molecular complexity index is 1040. The second-order valence-corrected chi connectivity index (χ2v) is 8.25. The number of hydrogen-bond acceptors (Lipinski definition) is 4. The van der Waals surface area contributed by atoms with Crippen LogP contribution < -0.4 is 14.8 Å². The molecule has 4 rings (SSSR count). The number of ether oxygens (including phenoxy) is 2. The lowest BCUT2D eigenvalue weighted by atomic mass is 9.95. The number of aromatic nitrogens is 2. The zero-order valence-electron chi connectivity index (χ0n) is 18.8. The normalized spacial score (nSPS) is 14.2. The van der Waals surface area contributed by atoms with Crippen LogP contribution >= 0.6 is 0 Å². The molecule has 0 saturated heterocycles. The highest BCUT2D eigenvalue weighted by Gasteiger charge is 2.20. The van der Waals surface area contributed by atoms with E-state index >= 15 is 0 Å². The molecular weight excluding hydrogens is 402 g/mol. The van der Waals surface area contributed by atoms with Crippen molar-refractivity contribution in [2.24, 2.45) is 0 Å². The van der Waals surface area contributed by atoms with Gasteiger partial charge in [-0.1, -0.05) is 37.5 Å². The average Bonchev–Trinajstić information content (AvgIpc) is 3.27. The molecule has 1 N–H and O–H groups in total. The van der Waals surface area contributed by atoms with Crippen LogP contribution in [-0.4, -0.2) is 35.9 Å². The fraction of sp³-hybridized carbons (Fsp3) is 0.385. The maximum absolute atomic E-state index is 12.6. The number of benzene rings is 2. The molecule has 0 atom stereocenters. The van der Waals surface area contributed by atoms with Crippen molar-refractivity contribution in [3.8, 4) is 28.4 Å². The third kappa shape index (κ3) is 5.13. The minimum atomic E-state index is 0.105. The maximum atomic E-state index is 12.6. The van der Waals surface area contributed by atoms with Gasteiger partial charge in [-0.05, 0) is 55.2 Å². The van der Waals surface area contributed by atoms with Gasteiger partial charge in [0.15, 0.2) is 0 Å². The number of nitrogens with one attached hydrogen (secondary N) is 1. The zero-order valence-corrected chi connectivity index (χ0v) is 18.8. The summed E-state index contributed by atoms with van der Waals surface area (Å²) in [4.78, 5) is 12.6. The molecule has 0 aliphatic heterocycles. The lowest BCUT2D eigenvalue weighted by molar-refractivity contribution is -0.121. The van der Waals surface area contributed by atoms with E-state index in [0.29, 0.717) is 18.9 Å². The molecule has 0 unspecified atom stereocenters. The van der Waals surface area contributed by atoms with E-state index in [1.54, 1.807) is 14.2 Å². The van der Waals surface area contributed by atoms with Crippen LogP contribution in [-0.2, 0) is 11.2 Å². The summed E-state index contributed by atoms with van der Waals surface area (Å²) < 4.78 is 12.9. The zero-order chi connectivity index (χ0) is 22.3. The molecule has 0 spiro atoms. The van der Waals surface area contributed by atoms with E-state index in [9.17, 15) is 4.79 Å². The molecule has 3 aromatic rings. The summed E-state index contributed by atoms with van der Waals surface area (Å²) in [5.74, 6) is 1.56. The summed E-state index contributed by atoms with van der Waals surface area (Å²) in [6, 6.07) is 16.0. The lowest BCUT2D eigenvalue weighted by Gasteiger charge is -2.22. The smallest absolute Gasteiger partial charge is 0.220 e. The van der Waals surface area contributed by atoms with Gasteiger partial charge in [0, 0.05) is 24.2 Å². The van der Waals surface area contributed by atoms with Gasteiger partial charge in [0.05, 0.1) is 25.6 Å². The van der Waals surface area contributed by atoms with Crippen LogP contribution in [0.25, 0.3) is 16.9 Å². The number of rotatable bonds is 8. The number of carbonyl (C=O) groups is 1. The molecular formula is C26H31N3O3. The second kappa shape index (κ2) is 10.4. The van der Waals surface area contributed by atoms with Gasteiger partial charge in [0.2, 0.25) is 5.91 Å². The molecule has 1 amide bonds. The molecule has 2 aromatic carbocycles. The summed E-state index contributed by atoms with van der Waals surface area (Å²) in [7, 11) is 3.29. The largest absolute Gasteiger partial charge is 0.497 e. The Labute approximate surface area is 189 Å². The molecule has 1 aromatic heterocycles. The number of para-hydroxylation sites is 1. The van der Waals surface area contributed by atoms with Gasteiger partial charge in [0.1, 0.15) is 11.5 Å². The van der Waals surface area contributed by atoms with Gasteiger partial charge in [-0.25, -0.2) is 4.68 Å². The Morgan fingerprint density at radius 3 is 2.56 bits per heavy atom. The van der Waals surface area contributed by atoms with Crippen LogP contribution in [0, 0.1) is 0 Å². The fourth-order valence-electron chi connectivity index (χ4n) is 4.33. The van der Waals surface area contributed by atoms with Crippen LogP contribution in [0.2, 0.25) is 0 Å². The van der Waals surface area contributed by atoms with Crippen molar-refractivity contribution in [1.82, 2.24) is 15.1 Å². The Morgan fingerprint density at radius 1 is 1.06 bits per heavy atom. The minimum Gasteiger partial charge on any atom is -0.497 e. The SMILES string of the molecule is COc1ccc(OC)c(-c2nn(-c3ccccc3)cc2CCC(=O)NC2CCCCC2)c1. The molecule has 6 nitrogen and oxygen atoms in total. The van der Waals surface area contributed by atoms with Crippen molar-refractivity contribution >= 4 is 5.91 Å². The number of hydrogen-bond donors (Lipinski definition) is 1. The topological polar surface area (TPSA) is 65.4 Å². The van der Waals surface area contributed by atoms with Crippen molar-refractivity contribution in [1.29, 1.82) is 0 Å². The summed E-state index contributed by atoms with van der Waals surface area (Å²) in [5, 5.41) is 8.09. The first-order valence-electron chi connectivity index (χ1n) is 11.3. The van der Waals surface area contributed by atoms with Crippen LogP contribution in [0.3, 0.4) is 0 Å². The van der Waals surface area contributed by atoms with Crippen LogP contribution in [0.5, 0.6) is 11.5 Å². The van der Waals surface area contributed by atoms with E-state index in [0.717, 1.165) is 46.8 Å². The van der Waals surface area contributed by atoms with Crippen molar-refractivity contribution < 1.29 is 14.3 Å². The first-order chi connectivity index (χ1) is 15.7. The molecule has 1 saturated carbocycles. The third-order valence-corrected chi connectivity index (χ3v) is 6.06. The molecule has 0 radical (unpaired) electrons. The quantitative estimate of drug-likeness (QED) is 0.547. The molecule has 6 heteroatoms. The molecule has 1 aliphatic carbocycles. The summed E-state index contributed by atoms with van der Waals surface area (Å²) in [6.07, 6.45) is 8.89. The van der Waals surface area contributed by atoms with Gasteiger partial charge in [-0.3, -0.25) is 4.79 Å². The fourth-order valence-corrected chi connectivity index (χ4v) is 4.33. The molecule has 1 fully saturated rings. The van der Waals surface area contributed by atoms with E-state index in [1.165, 1.54) is 19.3 Å². The minimum absolute atomic E-state index is 0.105. The Morgan fingerprint density at radius 2 is 1.84 bits per heavy atom.